The van der Waals surface area contributed by atoms with Crippen LogP contribution in [0.5, 0.6) is 0 Å². The normalized spacial score (nSPS) is 34.2. The molecule has 2 atom stereocenters. The highest BCUT2D eigenvalue weighted by atomic mass is 16.5. The Hall–Kier alpha value is -0.790. The van der Waals surface area contributed by atoms with Crippen LogP contribution in [-0.2, 0) is 9.53 Å². The molecule has 0 aromatic carbocycles. The van der Waals surface area contributed by atoms with E-state index in [2.05, 4.69) is 0 Å². The Balaban J connectivity index is 2.65. The molecule has 1 heterocycles. The number of cyclic esters (lactones) is 1. The van der Waals surface area contributed by atoms with Gasteiger partial charge in [-0.3, -0.25) is 0 Å². The van der Waals surface area contributed by atoms with Crippen LogP contribution in [0.1, 0.15) is 13.8 Å². The van der Waals surface area contributed by atoms with E-state index in [4.69, 9.17) is 4.74 Å². The Morgan fingerprint density at radius 1 is 1.56 bits per heavy atom. The van der Waals surface area contributed by atoms with Crippen molar-refractivity contribution >= 4 is 5.97 Å². The third-order valence-electron chi connectivity index (χ3n) is 1.58. The van der Waals surface area contributed by atoms with Gasteiger partial charge in [-0.1, -0.05) is 13.0 Å². The molecular weight excluding hydrogens is 116 g/mol. The zero-order valence-corrected chi connectivity index (χ0v) is 5.63. The summed E-state index contributed by atoms with van der Waals surface area (Å²) in [6, 6.07) is 0. The van der Waals surface area contributed by atoms with Crippen LogP contribution in [0.4, 0.5) is 0 Å². The van der Waals surface area contributed by atoms with Crippen LogP contribution in [0.3, 0.4) is 0 Å². The fourth-order valence-corrected chi connectivity index (χ4v) is 0.717. The highest BCUT2D eigenvalue weighted by Crippen LogP contribution is 2.13. The second-order valence-electron chi connectivity index (χ2n) is 2.36. The first-order valence-corrected chi connectivity index (χ1v) is 3.09. The molecule has 1 aliphatic rings. The number of rotatable bonds is 0. The first kappa shape index (κ1) is 6.33. The lowest BCUT2D eigenvalue weighted by Gasteiger charge is -2.19. The van der Waals surface area contributed by atoms with Crippen LogP contribution in [0, 0.1) is 5.92 Å². The van der Waals surface area contributed by atoms with E-state index in [1.807, 2.05) is 19.9 Å². The van der Waals surface area contributed by atoms with Crippen LogP contribution >= 0.6 is 0 Å². The maximum absolute atomic E-state index is 10.5. The van der Waals surface area contributed by atoms with Crippen LogP contribution in [0.15, 0.2) is 12.2 Å². The topological polar surface area (TPSA) is 26.3 Å². The fraction of sp³-hybridized carbons (Fsp3) is 0.571. The Morgan fingerprint density at radius 2 is 2.22 bits per heavy atom. The highest BCUT2D eigenvalue weighted by Gasteiger charge is 2.17. The first-order valence-electron chi connectivity index (χ1n) is 3.09. The van der Waals surface area contributed by atoms with Gasteiger partial charge in [0, 0.05) is 12.0 Å². The van der Waals surface area contributed by atoms with E-state index >= 15 is 0 Å². The molecule has 0 N–H and O–H groups in total. The van der Waals surface area contributed by atoms with E-state index < -0.39 is 0 Å². The van der Waals surface area contributed by atoms with Crippen molar-refractivity contribution in [1.82, 2.24) is 0 Å². The molecular formula is C7H10O2. The van der Waals surface area contributed by atoms with Gasteiger partial charge in [-0.25, -0.2) is 4.79 Å². The molecule has 9 heavy (non-hydrogen) atoms. The summed E-state index contributed by atoms with van der Waals surface area (Å²) in [5, 5.41) is 0. The van der Waals surface area contributed by atoms with E-state index in [0.29, 0.717) is 5.92 Å². The number of carbonyl (C=O) groups excluding carboxylic acids is 1. The maximum Gasteiger partial charge on any atom is 0.330 e. The predicted octanol–water partition coefficient (Wildman–Crippen LogP) is 1.12. The van der Waals surface area contributed by atoms with Crippen molar-refractivity contribution in [2.24, 2.45) is 5.92 Å². The van der Waals surface area contributed by atoms with Crippen LogP contribution in [0.25, 0.3) is 0 Å². The van der Waals surface area contributed by atoms with Crippen molar-refractivity contribution < 1.29 is 9.53 Å². The van der Waals surface area contributed by atoms with Gasteiger partial charge >= 0.3 is 5.97 Å². The molecule has 0 spiro atoms. The maximum atomic E-state index is 10.5. The standard InChI is InChI=1S/C7H10O2/c1-5-3-4-7(8)9-6(5)2/h3-6H,1-2H3. The Morgan fingerprint density at radius 3 is 2.67 bits per heavy atom. The minimum absolute atomic E-state index is 0.0440. The molecule has 2 nitrogen and oxygen atoms in total. The lowest BCUT2D eigenvalue weighted by molar-refractivity contribution is -0.145. The Kier molecular flexibility index (Phi) is 1.56. The van der Waals surface area contributed by atoms with Crippen molar-refractivity contribution in [1.29, 1.82) is 0 Å². The number of ether oxygens (including phenoxy) is 1. The molecule has 0 radical (unpaired) electrons. The van der Waals surface area contributed by atoms with Gasteiger partial charge in [-0.15, -0.1) is 0 Å². The van der Waals surface area contributed by atoms with E-state index in [1.165, 1.54) is 6.08 Å². The first-order chi connectivity index (χ1) is 4.20. The zero-order chi connectivity index (χ0) is 6.85. The lowest BCUT2D eigenvalue weighted by Crippen LogP contribution is -2.23. The van der Waals surface area contributed by atoms with Crippen molar-refractivity contribution in [2.75, 3.05) is 0 Å². The Labute approximate surface area is 54.5 Å². The number of hydrogen-bond acceptors (Lipinski definition) is 2. The molecule has 0 amide bonds. The average Bonchev–Trinajstić information content (AvgIpc) is 1.80. The third kappa shape index (κ3) is 1.31. The summed E-state index contributed by atoms with van der Waals surface area (Å²) in [5.74, 6) is 0.142. The van der Waals surface area contributed by atoms with Crippen molar-refractivity contribution in [3.8, 4) is 0 Å². The third-order valence-corrected chi connectivity index (χ3v) is 1.58. The van der Waals surface area contributed by atoms with Crippen molar-refractivity contribution in [2.45, 2.75) is 20.0 Å². The molecule has 0 saturated carbocycles. The van der Waals surface area contributed by atoms with Crippen LogP contribution < -0.4 is 0 Å². The molecule has 0 aliphatic carbocycles. The second kappa shape index (κ2) is 2.21. The minimum atomic E-state index is -0.222. The largest absolute Gasteiger partial charge is 0.459 e. The molecule has 0 saturated heterocycles. The molecule has 0 bridgehead atoms. The number of esters is 1. The summed E-state index contributed by atoms with van der Waals surface area (Å²) in [4.78, 5) is 10.5. The smallest absolute Gasteiger partial charge is 0.330 e. The van der Waals surface area contributed by atoms with Crippen LogP contribution in [0.2, 0.25) is 0 Å². The molecule has 0 fully saturated rings. The number of hydrogen-bond donors (Lipinski definition) is 0. The van der Waals surface area contributed by atoms with Gasteiger partial charge in [-0.05, 0) is 6.92 Å². The van der Waals surface area contributed by atoms with Gasteiger partial charge in [0.1, 0.15) is 6.10 Å². The minimum Gasteiger partial charge on any atom is -0.459 e. The molecule has 2 heteroatoms. The fourth-order valence-electron chi connectivity index (χ4n) is 0.717. The molecule has 50 valence electrons. The summed E-state index contributed by atoms with van der Waals surface area (Å²) >= 11 is 0. The molecule has 1 aliphatic heterocycles. The molecule has 2 unspecified atom stereocenters. The van der Waals surface area contributed by atoms with Gasteiger partial charge in [-0.2, -0.15) is 0 Å². The summed E-state index contributed by atoms with van der Waals surface area (Å²) in [7, 11) is 0. The summed E-state index contributed by atoms with van der Waals surface area (Å²) in [6.07, 6.45) is 3.39. The monoisotopic (exact) mass is 126 g/mol. The number of carbonyl (C=O) groups is 1. The molecule has 0 aromatic rings. The van der Waals surface area contributed by atoms with Crippen molar-refractivity contribution in [3.05, 3.63) is 12.2 Å². The highest BCUT2D eigenvalue weighted by molar-refractivity contribution is 5.82. The lowest BCUT2D eigenvalue weighted by atomic mass is 10.0. The van der Waals surface area contributed by atoms with E-state index in [1.54, 1.807) is 0 Å². The van der Waals surface area contributed by atoms with Gasteiger partial charge in [0.05, 0.1) is 0 Å². The van der Waals surface area contributed by atoms with Gasteiger partial charge in [0.25, 0.3) is 0 Å². The summed E-state index contributed by atoms with van der Waals surface area (Å²) in [6.45, 7) is 3.92. The SMILES string of the molecule is CC1C=CC(=O)OC1C. The average molecular weight is 126 g/mol. The Bertz CT molecular complexity index is 149. The molecule has 1 rings (SSSR count). The van der Waals surface area contributed by atoms with Gasteiger partial charge in [0.15, 0.2) is 0 Å². The quantitative estimate of drug-likeness (QED) is 0.455. The second-order valence-corrected chi connectivity index (χ2v) is 2.36. The zero-order valence-electron chi connectivity index (χ0n) is 5.63. The van der Waals surface area contributed by atoms with E-state index in [-0.39, 0.29) is 12.1 Å². The molecule has 0 aromatic heterocycles. The van der Waals surface area contributed by atoms with Crippen molar-refractivity contribution in [3.63, 3.8) is 0 Å². The van der Waals surface area contributed by atoms with Crippen LogP contribution in [-0.4, -0.2) is 12.1 Å². The summed E-state index contributed by atoms with van der Waals surface area (Å²) in [5.41, 5.74) is 0. The van der Waals surface area contributed by atoms with Gasteiger partial charge in [0.2, 0.25) is 0 Å². The summed E-state index contributed by atoms with van der Waals surface area (Å²) < 4.78 is 4.87. The van der Waals surface area contributed by atoms with Gasteiger partial charge < -0.3 is 4.74 Å². The van der Waals surface area contributed by atoms with E-state index in [9.17, 15) is 4.79 Å². The van der Waals surface area contributed by atoms with E-state index in [0.717, 1.165) is 0 Å². The predicted molar refractivity (Wildman–Crippen MR) is 33.9 cm³/mol.